The lowest BCUT2D eigenvalue weighted by Gasteiger charge is -2.41. The molecule has 0 radical (unpaired) electrons. The summed E-state index contributed by atoms with van der Waals surface area (Å²) in [7, 11) is 0. The van der Waals surface area contributed by atoms with Gasteiger partial charge in [0, 0.05) is 31.9 Å². The lowest BCUT2D eigenvalue weighted by Crippen LogP contribution is -2.50. The van der Waals surface area contributed by atoms with E-state index in [1.807, 2.05) is 13.1 Å². The SMILES string of the molecule is Cc1ccc(N2CCCC3(CCN([C@H]4CC[C@H](O)CC4)C3=O)C2)nc1. The molecule has 136 valence electrons. The van der Waals surface area contributed by atoms with E-state index in [4.69, 9.17) is 0 Å². The van der Waals surface area contributed by atoms with Crippen LogP contribution in [0.3, 0.4) is 0 Å². The van der Waals surface area contributed by atoms with Gasteiger partial charge in [0.15, 0.2) is 0 Å². The Morgan fingerprint density at radius 1 is 1.16 bits per heavy atom. The van der Waals surface area contributed by atoms with Crippen LogP contribution in [0.1, 0.15) is 50.5 Å². The van der Waals surface area contributed by atoms with Gasteiger partial charge in [0.05, 0.1) is 11.5 Å². The molecule has 3 fully saturated rings. The quantitative estimate of drug-likeness (QED) is 0.896. The second-order valence-electron chi connectivity index (χ2n) is 8.21. The number of hydrogen-bond acceptors (Lipinski definition) is 4. The first-order chi connectivity index (χ1) is 12.1. The highest BCUT2D eigenvalue weighted by molar-refractivity contribution is 5.86. The van der Waals surface area contributed by atoms with Crippen molar-refractivity contribution in [3.63, 3.8) is 0 Å². The van der Waals surface area contributed by atoms with Gasteiger partial charge >= 0.3 is 0 Å². The van der Waals surface area contributed by atoms with Gasteiger partial charge in [-0.1, -0.05) is 6.07 Å². The van der Waals surface area contributed by atoms with E-state index in [0.717, 1.165) is 76.0 Å². The van der Waals surface area contributed by atoms with Gasteiger partial charge in [0.1, 0.15) is 5.82 Å². The van der Waals surface area contributed by atoms with Crippen molar-refractivity contribution in [3.8, 4) is 0 Å². The molecule has 2 aliphatic heterocycles. The van der Waals surface area contributed by atoms with Crippen molar-refractivity contribution >= 4 is 11.7 Å². The van der Waals surface area contributed by atoms with E-state index in [-0.39, 0.29) is 11.5 Å². The van der Waals surface area contributed by atoms with E-state index in [9.17, 15) is 9.90 Å². The first-order valence-corrected chi connectivity index (χ1v) is 9.74. The highest BCUT2D eigenvalue weighted by Crippen LogP contribution is 2.43. The Morgan fingerprint density at radius 2 is 1.96 bits per heavy atom. The Balaban J connectivity index is 1.48. The molecule has 25 heavy (non-hydrogen) atoms. The van der Waals surface area contributed by atoms with Gasteiger partial charge in [-0.2, -0.15) is 0 Å². The van der Waals surface area contributed by atoms with E-state index in [0.29, 0.717) is 11.9 Å². The Kier molecular flexibility index (Phi) is 4.44. The van der Waals surface area contributed by atoms with Crippen LogP contribution in [0, 0.1) is 12.3 Å². The Morgan fingerprint density at radius 3 is 2.68 bits per heavy atom. The summed E-state index contributed by atoms with van der Waals surface area (Å²) in [6, 6.07) is 4.51. The van der Waals surface area contributed by atoms with Gasteiger partial charge < -0.3 is 14.9 Å². The van der Waals surface area contributed by atoms with Crippen molar-refractivity contribution in [1.82, 2.24) is 9.88 Å². The van der Waals surface area contributed by atoms with Crippen molar-refractivity contribution in [1.29, 1.82) is 0 Å². The number of amides is 1. The molecule has 2 saturated heterocycles. The average Bonchev–Trinajstić information content (AvgIpc) is 2.93. The van der Waals surface area contributed by atoms with Crippen LogP contribution in [0.25, 0.3) is 0 Å². The fourth-order valence-electron chi connectivity index (χ4n) is 4.92. The lowest BCUT2D eigenvalue weighted by molar-refractivity contribution is -0.139. The smallest absolute Gasteiger partial charge is 0.230 e. The number of hydrogen-bond donors (Lipinski definition) is 1. The predicted molar refractivity (Wildman–Crippen MR) is 97.4 cm³/mol. The summed E-state index contributed by atoms with van der Waals surface area (Å²) in [5.41, 5.74) is 0.944. The number of aliphatic hydroxyl groups is 1. The van der Waals surface area contributed by atoms with Gasteiger partial charge in [-0.3, -0.25) is 4.79 Å². The van der Waals surface area contributed by atoms with Crippen LogP contribution in [-0.2, 0) is 4.79 Å². The fraction of sp³-hybridized carbons (Fsp3) is 0.700. The maximum atomic E-state index is 13.3. The average molecular weight is 343 g/mol. The Hall–Kier alpha value is -1.62. The third kappa shape index (κ3) is 3.14. The Labute approximate surface area is 150 Å². The summed E-state index contributed by atoms with van der Waals surface area (Å²) in [6.45, 7) is 4.72. The number of aliphatic hydroxyl groups excluding tert-OH is 1. The molecule has 0 bridgehead atoms. The maximum Gasteiger partial charge on any atom is 0.230 e. The summed E-state index contributed by atoms with van der Waals surface area (Å²) >= 11 is 0. The van der Waals surface area contributed by atoms with Crippen LogP contribution in [0.2, 0.25) is 0 Å². The monoisotopic (exact) mass is 343 g/mol. The zero-order valence-corrected chi connectivity index (χ0v) is 15.2. The molecule has 1 aliphatic carbocycles. The van der Waals surface area contributed by atoms with Crippen molar-refractivity contribution in [2.45, 2.75) is 64.0 Å². The largest absolute Gasteiger partial charge is 0.393 e. The van der Waals surface area contributed by atoms with Gasteiger partial charge in [0.2, 0.25) is 5.91 Å². The van der Waals surface area contributed by atoms with Crippen LogP contribution in [0.4, 0.5) is 5.82 Å². The standard InChI is InChI=1S/C20H29N3O2/c1-15-3-8-18(21-13-15)22-11-2-9-20(14-22)10-12-23(19(20)25)16-4-6-17(24)7-5-16/h3,8,13,16-17,24H,2,4-7,9-12,14H2,1H3/t16-,17-,20?. The van der Waals surface area contributed by atoms with Crippen LogP contribution in [-0.4, -0.2) is 52.7 Å². The summed E-state index contributed by atoms with van der Waals surface area (Å²) in [4.78, 5) is 22.3. The van der Waals surface area contributed by atoms with E-state index < -0.39 is 0 Å². The maximum absolute atomic E-state index is 13.3. The summed E-state index contributed by atoms with van der Waals surface area (Å²) in [6.07, 6.45) is 8.33. The first kappa shape index (κ1) is 16.8. The highest BCUT2D eigenvalue weighted by atomic mass is 16.3. The molecule has 4 rings (SSSR count). The van der Waals surface area contributed by atoms with Gasteiger partial charge in [-0.25, -0.2) is 4.98 Å². The number of carbonyl (C=O) groups is 1. The minimum Gasteiger partial charge on any atom is -0.393 e. The summed E-state index contributed by atoms with van der Waals surface area (Å²) < 4.78 is 0. The molecular weight excluding hydrogens is 314 g/mol. The molecule has 1 unspecified atom stereocenters. The van der Waals surface area contributed by atoms with Crippen LogP contribution in [0.5, 0.6) is 0 Å². The molecule has 3 heterocycles. The fourth-order valence-corrected chi connectivity index (χ4v) is 4.92. The number of nitrogens with zero attached hydrogens (tertiary/aromatic N) is 3. The van der Waals surface area contributed by atoms with Crippen molar-refractivity contribution in [2.24, 2.45) is 5.41 Å². The number of anilines is 1. The molecule has 0 aromatic carbocycles. The van der Waals surface area contributed by atoms with E-state index in [1.54, 1.807) is 0 Å². The third-order valence-corrected chi connectivity index (χ3v) is 6.45. The van der Waals surface area contributed by atoms with Gasteiger partial charge in [0.25, 0.3) is 0 Å². The molecule has 1 aromatic heterocycles. The zero-order chi connectivity index (χ0) is 17.4. The minimum atomic E-state index is -0.221. The van der Waals surface area contributed by atoms with Crippen molar-refractivity contribution in [2.75, 3.05) is 24.5 Å². The van der Waals surface area contributed by atoms with Crippen LogP contribution >= 0.6 is 0 Å². The van der Waals surface area contributed by atoms with Crippen molar-refractivity contribution in [3.05, 3.63) is 23.9 Å². The van der Waals surface area contributed by atoms with Gasteiger partial charge in [-0.15, -0.1) is 0 Å². The molecule has 1 amide bonds. The van der Waals surface area contributed by atoms with E-state index in [2.05, 4.69) is 26.9 Å². The second-order valence-corrected chi connectivity index (χ2v) is 8.21. The number of pyridine rings is 1. The normalized spacial score (nSPS) is 33.3. The number of rotatable bonds is 2. The molecule has 1 aromatic rings. The predicted octanol–water partition coefficient (Wildman–Crippen LogP) is 2.51. The van der Waals surface area contributed by atoms with Gasteiger partial charge in [-0.05, 0) is 63.5 Å². The topological polar surface area (TPSA) is 56.7 Å². The molecule has 1 N–H and O–H groups in total. The molecule has 1 atom stereocenters. The second kappa shape index (κ2) is 6.60. The summed E-state index contributed by atoms with van der Waals surface area (Å²) in [5.74, 6) is 1.35. The summed E-state index contributed by atoms with van der Waals surface area (Å²) in [5, 5.41) is 9.74. The molecule has 5 nitrogen and oxygen atoms in total. The first-order valence-electron chi connectivity index (χ1n) is 9.74. The van der Waals surface area contributed by atoms with E-state index in [1.165, 1.54) is 0 Å². The molecule has 1 saturated carbocycles. The Bertz CT molecular complexity index is 624. The minimum absolute atomic E-state index is 0.166. The zero-order valence-electron chi connectivity index (χ0n) is 15.2. The van der Waals surface area contributed by atoms with E-state index >= 15 is 0 Å². The lowest BCUT2D eigenvalue weighted by atomic mass is 9.78. The molecule has 1 spiro atoms. The third-order valence-electron chi connectivity index (χ3n) is 6.45. The highest BCUT2D eigenvalue weighted by Gasteiger charge is 2.50. The molecular formula is C20H29N3O2. The molecule has 3 aliphatic rings. The number of aromatic nitrogens is 1. The molecule has 5 heteroatoms. The van der Waals surface area contributed by atoms with Crippen LogP contribution < -0.4 is 4.90 Å². The van der Waals surface area contributed by atoms with Crippen molar-refractivity contribution < 1.29 is 9.90 Å². The number of piperidine rings is 1. The number of carbonyl (C=O) groups excluding carboxylic acids is 1. The number of aryl methyl sites for hydroxylation is 1. The number of likely N-dealkylation sites (tertiary alicyclic amines) is 1. The van der Waals surface area contributed by atoms with Crippen LogP contribution in [0.15, 0.2) is 18.3 Å².